The summed E-state index contributed by atoms with van der Waals surface area (Å²) in [5.41, 5.74) is 3.72. The SMILES string of the molecule is Cl.O=C(O[C@@H]1CNCC[C@H]1c1cccc(O)c1)c1ccc(-c2ccccc2)cc1. The topological polar surface area (TPSA) is 58.6 Å². The first-order valence-electron chi connectivity index (χ1n) is 9.57. The third-order valence-corrected chi connectivity index (χ3v) is 5.21. The van der Waals surface area contributed by atoms with Gasteiger partial charge in [-0.25, -0.2) is 4.79 Å². The van der Waals surface area contributed by atoms with Crippen LogP contribution in [0.4, 0.5) is 0 Å². The molecule has 1 fully saturated rings. The van der Waals surface area contributed by atoms with Gasteiger partial charge in [-0.2, -0.15) is 0 Å². The molecule has 1 aliphatic rings. The van der Waals surface area contributed by atoms with Crippen molar-refractivity contribution in [3.8, 4) is 16.9 Å². The van der Waals surface area contributed by atoms with E-state index in [-0.39, 0.29) is 36.1 Å². The minimum atomic E-state index is -0.321. The summed E-state index contributed by atoms with van der Waals surface area (Å²) in [6, 6.07) is 24.8. The first-order valence-corrected chi connectivity index (χ1v) is 9.57. The quantitative estimate of drug-likeness (QED) is 0.608. The number of aromatic hydroxyl groups is 1. The molecule has 0 radical (unpaired) electrons. The van der Waals surface area contributed by atoms with E-state index >= 15 is 0 Å². The number of carbonyl (C=O) groups excluding carboxylic acids is 1. The highest BCUT2D eigenvalue weighted by molar-refractivity contribution is 5.90. The van der Waals surface area contributed by atoms with E-state index in [4.69, 9.17) is 4.74 Å². The van der Waals surface area contributed by atoms with Crippen molar-refractivity contribution in [2.45, 2.75) is 18.4 Å². The van der Waals surface area contributed by atoms with E-state index in [1.54, 1.807) is 12.1 Å². The van der Waals surface area contributed by atoms with Crippen LogP contribution in [0.2, 0.25) is 0 Å². The van der Waals surface area contributed by atoms with E-state index in [0.29, 0.717) is 12.1 Å². The predicted octanol–water partition coefficient (Wildman–Crippen LogP) is 4.78. The number of esters is 1. The fourth-order valence-corrected chi connectivity index (χ4v) is 3.73. The van der Waals surface area contributed by atoms with Crippen LogP contribution >= 0.6 is 12.4 Å². The summed E-state index contributed by atoms with van der Waals surface area (Å²) in [4.78, 5) is 12.7. The Kier molecular flexibility index (Phi) is 6.91. The van der Waals surface area contributed by atoms with Gasteiger partial charge >= 0.3 is 5.97 Å². The highest BCUT2D eigenvalue weighted by Gasteiger charge is 2.30. The number of ether oxygens (including phenoxy) is 1. The molecule has 1 aliphatic heterocycles. The molecule has 4 rings (SSSR count). The second-order valence-electron chi connectivity index (χ2n) is 7.08. The molecule has 0 aliphatic carbocycles. The van der Waals surface area contributed by atoms with E-state index in [9.17, 15) is 9.90 Å². The number of rotatable bonds is 4. The third kappa shape index (κ3) is 4.97. The van der Waals surface area contributed by atoms with Crippen LogP contribution in [0.1, 0.15) is 28.3 Å². The van der Waals surface area contributed by atoms with E-state index in [1.165, 1.54) is 0 Å². The van der Waals surface area contributed by atoms with Crippen LogP contribution in [0.5, 0.6) is 5.75 Å². The summed E-state index contributed by atoms with van der Waals surface area (Å²) < 4.78 is 5.85. The second-order valence-corrected chi connectivity index (χ2v) is 7.08. The van der Waals surface area contributed by atoms with Gasteiger partial charge in [0.2, 0.25) is 0 Å². The zero-order chi connectivity index (χ0) is 19.3. The maximum atomic E-state index is 12.7. The molecule has 2 N–H and O–H groups in total. The second kappa shape index (κ2) is 9.59. The Labute approximate surface area is 177 Å². The first kappa shape index (κ1) is 20.9. The number of carbonyl (C=O) groups is 1. The van der Waals surface area contributed by atoms with Gasteiger partial charge in [0.15, 0.2) is 0 Å². The van der Waals surface area contributed by atoms with Crippen LogP contribution in [0.3, 0.4) is 0 Å². The van der Waals surface area contributed by atoms with Gasteiger partial charge in [0.05, 0.1) is 5.56 Å². The maximum absolute atomic E-state index is 12.7. The van der Waals surface area contributed by atoms with Gasteiger partial charge in [-0.3, -0.25) is 0 Å². The van der Waals surface area contributed by atoms with Gasteiger partial charge in [0.25, 0.3) is 0 Å². The number of phenolic OH excluding ortho intramolecular Hbond substituents is 1. The lowest BCUT2D eigenvalue weighted by Gasteiger charge is -2.32. The summed E-state index contributed by atoms with van der Waals surface area (Å²) in [5, 5.41) is 13.1. The zero-order valence-electron chi connectivity index (χ0n) is 16.0. The monoisotopic (exact) mass is 409 g/mol. The van der Waals surface area contributed by atoms with Crippen molar-refractivity contribution >= 4 is 18.4 Å². The minimum Gasteiger partial charge on any atom is -0.508 e. The standard InChI is InChI=1S/C24H23NO3.ClH/c26-21-8-4-7-20(15-21)22-13-14-25-16-23(22)28-24(27)19-11-9-18(10-12-19)17-5-2-1-3-6-17;/h1-12,15,22-23,25-26H,13-14,16H2;1H/t22-,23+;/m0./s1. The minimum absolute atomic E-state index is 0. The first-order chi connectivity index (χ1) is 13.7. The molecule has 0 amide bonds. The van der Waals surface area contributed by atoms with Crippen molar-refractivity contribution in [1.29, 1.82) is 0 Å². The molecular formula is C24H24ClNO3. The zero-order valence-corrected chi connectivity index (χ0v) is 16.8. The van der Waals surface area contributed by atoms with Crippen molar-refractivity contribution in [2.24, 2.45) is 0 Å². The molecule has 1 saturated heterocycles. The number of nitrogens with one attached hydrogen (secondary N) is 1. The molecule has 2 atom stereocenters. The number of hydrogen-bond donors (Lipinski definition) is 2. The number of halogens is 1. The maximum Gasteiger partial charge on any atom is 0.338 e. The molecule has 0 saturated carbocycles. The molecule has 0 unspecified atom stereocenters. The van der Waals surface area contributed by atoms with Crippen LogP contribution in [0.15, 0.2) is 78.9 Å². The highest BCUT2D eigenvalue weighted by Crippen LogP contribution is 2.30. The molecule has 5 heteroatoms. The van der Waals surface area contributed by atoms with E-state index in [2.05, 4.69) is 5.32 Å². The molecule has 0 aromatic heterocycles. The van der Waals surface area contributed by atoms with Gasteiger partial charge in [0.1, 0.15) is 11.9 Å². The fraction of sp³-hybridized carbons (Fsp3) is 0.208. The van der Waals surface area contributed by atoms with Crippen molar-refractivity contribution in [3.63, 3.8) is 0 Å². The Bertz CT molecular complexity index is 944. The van der Waals surface area contributed by atoms with E-state index in [0.717, 1.165) is 29.7 Å². The lowest BCUT2D eigenvalue weighted by atomic mass is 9.87. The number of hydrogen-bond acceptors (Lipinski definition) is 4. The molecule has 3 aromatic rings. The van der Waals surface area contributed by atoms with Crippen LogP contribution in [0.25, 0.3) is 11.1 Å². The average molecular weight is 410 g/mol. The van der Waals surface area contributed by atoms with Gasteiger partial charge in [-0.05, 0) is 53.9 Å². The van der Waals surface area contributed by atoms with E-state index < -0.39 is 0 Å². The van der Waals surface area contributed by atoms with Gasteiger partial charge in [-0.1, -0.05) is 54.6 Å². The molecule has 0 bridgehead atoms. The van der Waals surface area contributed by atoms with Gasteiger partial charge in [0, 0.05) is 12.5 Å². The van der Waals surface area contributed by atoms with E-state index in [1.807, 2.05) is 66.7 Å². The highest BCUT2D eigenvalue weighted by atomic mass is 35.5. The third-order valence-electron chi connectivity index (χ3n) is 5.21. The molecule has 1 heterocycles. The Morgan fingerprint density at radius 2 is 1.66 bits per heavy atom. The molecule has 150 valence electrons. The van der Waals surface area contributed by atoms with Crippen LogP contribution < -0.4 is 5.32 Å². The smallest absolute Gasteiger partial charge is 0.338 e. The summed E-state index contributed by atoms with van der Waals surface area (Å²) in [7, 11) is 0. The Hall–Kier alpha value is -2.82. The van der Waals surface area contributed by atoms with Crippen molar-refractivity contribution < 1.29 is 14.6 Å². The molecule has 3 aromatic carbocycles. The van der Waals surface area contributed by atoms with Crippen LogP contribution in [-0.4, -0.2) is 30.3 Å². The number of phenols is 1. The number of benzene rings is 3. The molecular weight excluding hydrogens is 386 g/mol. The lowest BCUT2D eigenvalue weighted by Crippen LogP contribution is -2.42. The van der Waals surface area contributed by atoms with Crippen molar-refractivity contribution in [3.05, 3.63) is 90.0 Å². The van der Waals surface area contributed by atoms with Crippen molar-refractivity contribution in [2.75, 3.05) is 13.1 Å². The number of piperidine rings is 1. The summed E-state index contributed by atoms with van der Waals surface area (Å²) in [5.74, 6) is -0.0167. The van der Waals surface area contributed by atoms with Crippen molar-refractivity contribution in [1.82, 2.24) is 5.32 Å². The molecule has 0 spiro atoms. The Balaban J connectivity index is 0.00000240. The average Bonchev–Trinajstić information content (AvgIpc) is 2.75. The van der Waals surface area contributed by atoms with Crippen LogP contribution in [0, 0.1) is 0 Å². The normalized spacial score (nSPS) is 18.5. The fourth-order valence-electron chi connectivity index (χ4n) is 3.73. The largest absolute Gasteiger partial charge is 0.508 e. The predicted molar refractivity (Wildman–Crippen MR) is 117 cm³/mol. The van der Waals surface area contributed by atoms with Gasteiger partial charge < -0.3 is 15.2 Å². The Morgan fingerprint density at radius 3 is 2.38 bits per heavy atom. The summed E-state index contributed by atoms with van der Waals surface area (Å²) in [6.45, 7) is 1.47. The lowest BCUT2D eigenvalue weighted by molar-refractivity contribution is 0.0182. The summed E-state index contributed by atoms with van der Waals surface area (Å²) in [6.07, 6.45) is 0.589. The Morgan fingerprint density at radius 1 is 0.931 bits per heavy atom. The van der Waals surface area contributed by atoms with Gasteiger partial charge in [-0.15, -0.1) is 12.4 Å². The molecule has 29 heavy (non-hydrogen) atoms. The molecule has 4 nitrogen and oxygen atoms in total. The van der Waals surface area contributed by atoms with Crippen LogP contribution in [-0.2, 0) is 4.74 Å². The summed E-state index contributed by atoms with van der Waals surface area (Å²) >= 11 is 0.